The number of likely N-dealkylation sites (tertiary alicyclic amines) is 1. The predicted molar refractivity (Wildman–Crippen MR) is 105 cm³/mol. The molecule has 3 rings (SSSR count). The minimum absolute atomic E-state index is 0.139. The first kappa shape index (κ1) is 19.9. The summed E-state index contributed by atoms with van der Waals surface area (Å²) >= 11 is 0. The first-order valence-electron chi connectivity index (χ1n) is 10.4. The highest BCUT2D eigenvalue weighted by Gasteiger charge is 2.42. The maximum absolute atomic E-state index is 13.0. The fraction of sp³-hybridized carbons (Fsp3) is 0.636. The number of fused-ring (bicyclic) bond motifs is 1. The zero-order valence-corrected chi connectivity index (χ0v) is 16.6. The summed E-state index contributed by atoms with van der Waals surface area (Å²) in [7, 11) is 0. The number of nitrogens with zero attached hydrogens (tertiary/aromatic N) is 1. The lowest BCUT2D eigenvalue weighted by Crippen LogP contribution is -2.38. The third kappa shape index (κ3) is 4.18. The van der Waals surface area contributed by atoms with Gasteiger partial charge in [0.15, 0.2) is 0 Å². The Hall–Kier alpha value is -1.88. The van der Waals surface area contributed by atoms with Gasteiger partial charge >= 0.3 is 0 Å². The Morgan fingerprint density at radius 1 is 1.26 bits per heavy atom. The van der Waals surface area contributed by atoms with Gasteiger partial charge in [-0.15, -0.1) is 0 Å². The van der Waals surface area contributed by atoms with E-state index in [9.17, 15) is 9.59 Å². The van der Waals surface area contributed by atoms with Crippen LogP contribution in [0.3, 0.4) is 0 Å². The van der Waals surface area contributed by atoms with Gasteiger partial charge < -0.3 is 4.90 Å². The van der Waals surface area contributed by atoms with Crippen LogP contribution < -0.4 is 5.48 Å². The zero-order chi connectivity index (χ0) is 19.4. The SMILES string of the molecule is CCCCC(CC)C(=O)N1CCC2(CCc3ccc(C(=O)NO)cc3C2)C1. The first-order chi connectivity index (χ1) is 13.0. The quantitative estimate of drug-likeness (QED) is 0.590. The summed E-state index contributed by atoms with van der Waals surface area (Å²) in [6.07, 6.45) is 8.21. The van der Waals surface area contributed by atoms with Crippen molar-refractivity contribution in [1.82, 2.24) is 10.4 Å². The number of hydroxylamine groups is 1. The van der Waals surface area contributed by atoms with Gasteiger partial charge in [0.25, 0.3) is 5.91 Å². The summed E-state index contributed by atoms with van der Waals surface area (Å²) in [5.41, 5.74) is 4.82. The van der Waals surface area contributed by atoms with Crippen LogP contribution in [0.25, 0.3) is 0 Å². The predicted octanol–water partition coefficient (Wildman–Crippen LogP) is 3.73. The van der Waals surface area contributed by atoms with E-state index >= 15 is 0 Å². The Balaban J connectivity index is 1.71. The van der Waals surface area contributed by atoms with Crippen LogP contribution in [0.4, 0.5) is 0 Å². The molecule has 0 radical (unpaired) electrons. The van der Waals surface area contributed by atoms with Crippen molar-refractivity contribution in [3.8, 4) is 0 Å². The van der Waals surface area contributed by atoms with Crippen LogP contribution in [-0.4, -0.2) is 35.0 Å². The van der Waals surface area contributed by atoms with E-state index in [0.29, 0.717) is 11.5 Å². The average molecular weight is 373 g/mol. The molecular formula is C22H32N2O3. The summed E-state index contributed by atoms with van der Waals surface area (Å²) in [6.45, 7) is 5.99. The molecule has 5 nitrogen and oxygen atoms in total. The van der Waals surface area contributed by atoms with Crippen molar-refractivity contribution in [2.75, 3.05) is 13.1 Å². The highest BCUT2D eigenvalue weighted by molar-refractivity contribution is 5.93. The zero-order valence-electron chi connectivity index (χ0n) is 16.6. The molecule has 1 aliphatic heterocycles. The van der Waals surface area contributed by atoms with E-state index in [4.69, 9.17) is 5.21 Å². The van der Waals surface area contributed by atoms with E-state index in [1.54, 1.807) is 11.5 Å². The molecule has 2 atom stereocenters. The Labute approximate surface area is 162 Å². The third-order valence-corrected chi connectivity index (χ3v) is 6.56. The number of carbonyl (C=O) groups excluding carboxylic acids is 2. The molecule has 148 valence electrons. The lowest BCUT2D eigenvalue weighted by molar-refractivity contribution is -0.135. The van der Waals surface area contributed by atoms with E-state index in [0.717, 1.165) is 64.5 Å². The fourth-order valence-corrected chi connectivity index (χ4v) is 4.81. The van der Waals surface area contributed by atoms with Gasteiger partial charge in [-0.05, 0) is 67.2 Å². The van der Waals surface area contributed by atoms with Gasteiger partial charge in [0, 0.05) is 24.6 Å². The van der Waals surface area contributed by atoms with E-state index in [1.807, 2.05) is 12.1 Å². The summed E-state index contributed by atoms with van der Waals surface area (Å²) in [6, 6.07) is 5.68. The Morgan fingerprint density at radius 2 is 2.07 bits per heavy atom. The van der Waals surface area contributed by atoms with E-state index in [1.165, 1.54) is 11.1 Å². The standard InChI is InChI=1S/C22H32N2O3/c1-3-5-6-16(4-2)21(26)24-12-11-22(15-24)10-9-17-7-8-18(20(25)23-27)13-19(17)14-22/h7-8,13,16,27H,3-6,9-12,14-15H2,1-2H3,(H,23,25). The molecule has 1 aromatic carbocycles. The van der Waals surface area contributed by atoms with Gasteiger partial charge in [-0.1, -0.05) is 32.8 Å². The van der Waals surface area contributed by atoms with Gasteiger partial charge in [0.05, 0.1) is 0 Å². The van der Waals surface area contributed by atoms with Gasteiger partial charge in [0.2, 0.25) is 5.91 Å². The van der Waals surface area contributed by atoms with Gasteiger partial charge in [-0.25, -0.2) is 5.48 Å². The van der Waals surface area contributed by atoms with E-state index in [2.05, 4.69) is 18.7 Å². The van der Waals surface area contributed by atoms with Crippen molar-refractivity contribution in [3.05, 3.63) is 34.9 Å². The number of rotatable bonds is 6. The first-order valence-corrected chi connectivity index (χ1v) is 10.4. The normalized spacial score (nSPS) is 22.6. The van der Waals surface area contributed by atoms with Crippen LogP contribution in [-0.2, 0) is 17.6 Å². The van der Waals surface area contributed by atoms with Crippen LogP contribution >= 0.6 is 0 Å². The number of unbranched alkanes of at least 4 members (excludes halogenated alkanes) is 1. The van der Waals surface area contributed by atoms with Crippen LogP contribution in [0.1, 0.15) is 73.9 Å². The molecule has 1 saturated heterocycles. The minimum Gasteiger partial charge on any atom is -0.342 e. The molecule has 1 aliphatic carbocycles. The molecule has 27 heavy (non-hydrogen) atoms. The number of carbonyl (C=O) groups is 2. The second-order valence-electron chi connectivity index (χ2n) is 8.36. The second-order valence-corrected chi connectivity index (χ2v) is 8.36. The van der Waals surface area contributed by atoms with Crippen molar-refractivity contribution in [3.63, 3.8) is 0 Å². The van der Waals surface area contributed by atoms with Gasteiger partial charge in [0.1, 0.15) is 0 Å². The number of aryl methyl sites for hydroxylation is 1. The molecule has 0 bridgehead atoms. The van der Waals surface area contributed by atoms with Crippen molar-refractivity contribution < 1.29 is 14.8 Å². The molecule has 1 aromatic rings. The molecular weight excluding hydrogens is 340 g/mol. The molecule has 1 fully saturated rings. The second kappa shape index (κ2) is 8.42. The van der Waals surface area contributed by atoms with E-state index < -0.39 is 5.91 Å². The van der Waals surface area contributed by atoms with Crippen molar-refractivity contribution in [1.29, 1.82) is 0 Å². The summed E-state index contributed by atoms with van der Waals surface area (Å²) in [5, 5.41) is 8.89. The maximum Gasteiger partial charge on any atom is 0.274 e. The molecule has 2 aliphatic rings. The number of amides is 2. The lowest BCUT2D eigenvalue weighted by Gasteiger charge is -2.35. The number of benzene rings is 1. The van der Waals surface area contributed by atoms with Crippen molar-refractivity contribution in [2.24, 2.45) is 11.3 Å². The van der Waals surface area contributed by atoms with E-state index in [-0.39, 0.29) is 11.3 Å². The highest BCUT2D eigenvalue weighted by atomic mass is 16.5. The molecule has 2 N–H and O–H groups in total. The summed E-state index contributed by atoms with van der Waals surface area (Å²) < 4.78 is 0. The highest BCUT2D eigenvalue weighted by Crippen LogP contribution is 2.43. The number of nitrogens with one attached hydrogen (secondary N) is 1. The molecule has 1 spiro atoms. The molecule has 0 saturated carbocycles. The average Bonchev–Trinajstić information content (AvgIpc) is 3.10. The molecule has 2 unspecified atom stereocenters. The molecule has 1 heterocycles. The third-order valence-electron chi connectivity index (χ3n) is 6.56. The van der Waals surface area contributed by atoms with Crippen LogP contribution in [0.5, 0.6) is 0 Å². The van der Waals surface area contributed by atoms with Crippen LogP contribution in [0.2, 0.25) is 0 Å². The van der Waals surface area contributed by atoms with Crippen LogP contribution in [0.15, 0.2) is 18.2 Å². The van der Waals surface area contributed by atoms with Crippen LogP contribution in [0, 0.1) is 11.3 Å². The van der Waals surface area contributed by atoms with Crippen molar-refractivity contribution >= 4 is 11.8 Å². The summed E-state index contributed by atoms with van der Waals surface area (Å²) in [4.78, 5) is 26.8. The Kier molecular flexibility index (Phi) is 6.20. The Bertz CT molecular complexity index is 703. The topological polar surface area (TPSA) is 69.6 Å². The Morgan fingerprint density at radius 3 is 2.78 bits per heavy atom. The van der Waals surface area contributed by atoms with Crippen molar-refractivity contribution in [2.45, 2.75) is 65.2 Å². The maximum atomic E-state index is 13.0. The molecule has 0 aromatic heterocycles. The number of hydrogen-bond acceptors (Lipinski definition) is 3. The van der Waals surface area contributed by atoms with Gasteiger partial charge in [-0.2, -0.15) is 0 Å². The fourth-order valence-electron chi connectivity index (χ4n) is 4.81. The monoisotopic (exact) mass is 372 g/mol. The lowest BCUT2D eigenvalue weighted by atomic mass is 9.71. The molecule has 2 amide bonds. The minimum atomic E-state index is -0.470. The smallest absolute Gasteiger partial charge is 0.274 e. The summed E-state index contributed by atoms with van der Waals surface area (Å²) in [5.74, 6) is 0.0280. The largest absolute Gasteiger partial charge is 0.342 e. The van der Waals surface area contributed by atoms with Gasteiger partial charge in [-0.3, -0.25) is 14.8 Å². The molecule has 5 heteroatoms. The number of hydrogen-bond donors (Lipinski definition) is 2.